The number of benzene rings is 2. The fourth-order valence-electron chi connectivity index (χ4n) is 4.13. The summed E-state index contributed by atoms with van der Waals surface area (Å²) in [6.07, 6.45) is 1.59. The fraction of sp³-hybridized carbons (Fsp3) is 0.308. The van der Waals surface area contributed by atoms with E-state index in [4.69, 9.17) is 26.6 Å². The second-order valence-corrected chi connectivity index (χ2v) is 8.93. The van der Waals surface area contributed by atoms with Gasteiger partial charge in [-0.15, -0.1) is 0 Å². The number of carbonyl (C=O) groups excluding carboxylic acids is 2. The number of hydrogen-bond acceptors (Lipinski definition) is 6. The lowest BCUT2D eigenvalue weighted by Gasteiger charge is -2.21. The number of ether oxygens (including phenoxy) is 1. The van der Waals surface area contributed by atoms with Crippen molar-refractivity contribution < 1.29 is 34.1 Å². The molecule has 190 valence electrons. The summed E-state index contributed by atoms with van der Waals surface area (Å²) < 4.78 is 5.43. The molecule has 0 unspecified atom stereocenters. The number of amides is 1. The molecule has 3 N–H and O–H groups in total. The molecule has 2 aromatic carbocycles. The second-order valence-electron chi connectivity index (χ2n) is 8.50. The summed E-state index contributed by atoms with van der Waals surface area (Å²) >= 11 is 5.94. The van der Waals surface area contributed by atoms with Crippen LogP contribution in [0, 0.1) is 5.92 Å². The zero-order chi connectivity index (χ0) is 26.1. The van der Waals surface area contributed by atoms with Crippen LogP contribution < -0.4 is 5.32 Å². The van der Waals surface area contributed by atoms with Gasteiger partial charge < -0.3 is 20.3 Å². The molecule has 2 aliphatic heterocycles. The molecular formula is C26H27ClN2O7. The molecule has 2 saturated heterocycles. The lowest BCUT2D eigenvalue weighted by molar-refractivity contribution is -0.142. The molecule has 9 nitrogen and oxygen atoms in total. The van der Waals surface area contributed by atoms with Crippen LogP contribution in [0.5, 0.6) is 0 Å². The van der Waals surface area contributed by atoms with Crippen LogP contribution in [0.1, 0.15) is 30.1 Å². The van der Waals surface area contributed by atoms with Gasteiger partial charge in [-0.3, -0.25) is 14.5 Å². The fourth-order valence-corrected chi connectivity index (χ4v) is 4.25. The van der Waals surface area contributed by atoms with Crippen LogP contribution in [0.15, 0.2) is 66.7 Å². The van der Waals surface area contributed by atoms with E-state index >= 15 is 0 Å². The van der Waals surface area contributed by atoms with Crippen molar-refractivity contribution in [1.29, 1.82) is 0 Å². The van der Waals surface area contributed by atoms with Crippen molar-refractivity contribution in [2.45, 2.75) is 31.5 Å². The standard InChI is InChI=1S/C22H23ClN2O3.C4H4O4/c23-17-8-6-16(7-9-17)21-19(12-20(26)28-21)22(27)24-18-10-11-25(14-18)13-15-4-2-1-3-5-15;5-3(6)1-2-4(7)8/h1-9,18-19,21H,10-14H2,(H,24,27);1-2H,(H,5,6)(H,7,8)/b;2-1-/t18-,19-,21+;/m0./s1. The van der Waals surface area contributed by atoms with Gasteiger partial charge in [-0.05, 0) is 29.7 Å². The van der Waals surface area contributed by atoms with Gasteiger partial charge in [0.05, 0.1) is 12.3 Å². The largest absolute Gasteiger partial charge is 0.478 e. The van der Waals surface area contributed by atoms with E-state index in [2.05, 4.69) is 22.3 Å². The number of rotatable bonds is 7. The summed E-state index contributed by atoms with van der Waals surface area (Å²) in [7, 11) is 0. The molecule has 0 aliphatic carbocycles. The first kappa shape index (κ1) is 26.9. The number of esters is 1. The summed E-state index contributed by atoms with van der Waals surface area (Å²) in [5, 5.41) is 19.4. The van der Waals surface area contributed by atoms with Crippen LogP contribution in [0.4, 0.5) is 0 Å². The smallest absolute Gasteiger partial charge is 0.328 e. The molecule has 2 fully saturated rings. The zero-order valence-corrected chi connectivity index (χ0v) is 20.1. The summed E-state index contributed by atoms with van der Waals surface area (Å²) in [5.41, 5.74) is 2.07. The third-order valence-electron chi connectivity index (χ3n) is 5.78. The molecule has 0 radical (unpaired) electrons. The van der Waals surface area contributed by atoms with E-state index in [0.29, 0.717) is 17.2 Å². The molecule has 2 heterocycles. The van der Waals surface area contributed by atoms with Crippen molar-refractivity contribution in [3.05, 3.63) is 82.9 Å². The predicted octanol–water partition coefficient (Wildman–Crippen LogP) is 3.05. The van der Waals surface area contributed by atoms with Crippen LogP contribution in [-0.4, -0.2) is 58.1 Å². The summed E-state index contributed by atoms with van der Waals surface area (Å²) in [5.74, 6) is -3.47. The maximum atomic E-state index is 12.9. The van der Waals surface area contributed by atoms with E-state index in [0.717, 1.165) is 31.6 Å². The Labute approximate surface area is 213 Å². The van der Waals surface area contributed by atoms with E-state index in [-0.39, 0.29) is 24.3 Å². The number of aliphatic carboxylic acids is 2. The molecule has 4 rings (SSSR count). The van der Waals surface area contributed by atoms with E-state index in [9.17, 15) is 19.2 Å². The molecule has 0 bridgehead atoms. The molecule has 0 saturated carbocycles. The maximum Gasteiger partial charge on any atom is 0.328 e. The van der Waals surface area contributed by atoms with Crippen LogP contribution in [0.25, 0.3) is 0 Å². The van der Waals surface area contributed by atoms with E-state index in [1.165, 1.54) is 5.56 Å². The topological polar surface area (TPSA) is 133 Å². The van der Waals surface area contributed by atoms with Crippen molar-refractivity contribution in [2.24, 2.45) is 5.92 Å². The molecule has 0 aromatic heterocycles. The van der Waals surface area contributed by atoms with Crippen LogP contribution in [0.2, 0.25) is 5.02 Å². The Balaban J connectivity index is 0.000000392. The summed E-state index contributed by atoms with van der Waals surface area (Å²) in [6, 6.07) is 17.5. The molecule has 1 amide bonds. The van der Waals surface area contributed by atoms with E-state index in [1.807, 2.05) is 30.3 Å². The highest BCUT2D eigenvalue weighted by molar-refractivity contribution is 6.30. The zero-order valence-electron chi connectivity index (χ0n) is 19.4. The highest BCUT2D eigenvalue weighted by Crippen LogP contribution is 2.36. The normalized spacial score (nSPS) is 21.5. The van der Waals surface area contributed by atoms with Crippen LogP contribution in [0.3, 0.4) is 0 Å². The Morgan fingerprint density at radius 3 is 2.28 bits per heavy atom. The lowest BCUT2D eigenvalue weighted by Crippen LogP contribution is -2.41. The number of nitrogens with one attached hydrogen (secondary N) is 1. The van der Waals surface area contributed by atoms with Crippen LogP contribution in [-0.2, 0) is 30.5 Å². The molecule has 2 aromatic rings. The van der Waals surface area contributed by atoms with Gasteiger partial charge in [0.1, 0.15) is 6.10 Å². The first-order valence-corrected chi connectivity index (χ1v) is 11.7. The molecule has 2 aliphatic rings. The van der Waals surface area contributed by atoms with Gasteiger partial charge in [-0.1, -0.05) is 54.1 Å². The molecule has 0 spiro atoms. The van der Waals surface area contributed by atoms with Crippen molar-refractivity contribution in [3.63, 3.8) is 0 Å². The third-order valence-corrected chi connectivity index (χ3v) is 6.03. The quantitative estimate of drug-likeness (QED) is 0.379. The average Bonchev–Trinajstić information content (AvgIpc) is 3.45. The Hall–Kier alpha value is -3.69. The molecule has 3 atom stereocenters. The Morgan fingerprint density at radius 2 is 1.67 bits per heavy atom. The van der Waals surface area contributed by atoms with Gasteiger partial charge in [0, 0.05) is 42.9 Å². The molecule has 36 heavy (non-hydrogen) atoms. The average molecular weight is 515 g/mol. The van der Waals surface area contributed by atoms with Crippen molar-refractivity contribution in [3.8, 4) is 0 Å². The van der Waals surface area contributed by atoms with Crippen molar-refractivity contribution in [2.75, 3.05) is 13.1 Å². The van der Waals surface area contributed by atoms with E-state index in [1.54, 1.807) is 12.1 Å². The third kappa shape index (κ3) is 8.21. The number of carboxylic acids is 2. The minimum absolute atomic E-state index is 0.0952. The SMILES string of the molecule is O=C(O)/C=C\C(=O)O.O=C1C[C@H](C(=O)N[C@H]2CCN(Cc3ccccc3)C2)[C@@H](c2ccc(Cl)cc2)O1. The summed E-state index contributed by atoms with van der Waals surface area (Å²) in [6.45, 7) is 2.64. The number of nitrogens with zero attached hydrogens (tertiary/aromatic N) is 1. The van der Waals surface area contributed by atoms with Gasteiger partial charge in [0.15, 0.2) is 0 Å². The first-order valence-electron chi connectivity index (χ1n) is 11.4. The maximum absolute atomic E-state index is 12.9. The first-order chi connectivity index (χ1) is 17.2. The van der Waals surface area contributed by atoms with Crippen LogP contribution >= 0.6 is 11.6 Å². The summed E-state index contributed by atoms with van der Waals surface area (Å²) in [4.78, 5) is 46.2. The number of carbonyl (C=O) groups is 4. The van der Waals surface area contributed by atoms with Gasteiger partial charge in [-0.2, -0.15) is 0 Å². The number of hydrogen-bond donors (Lipinski definition) is 3. The van der Waals surface area contributed by atoms with E-state index < -0.39 is 24.0 Å². The van der Waals surface area contributed by atoms with Crippen molar-refractivity contribution in [1.82, 2.24) is 10.2 Å². The number of halogens is 1. The number of carboxylic acid groups (broad SMARTS) is 2. The minimum atomic E-state index is -1.26. The van der Waals surface area contributed by atoms with Crippen molar-refractivity contribution >= 4 is 35.4 Å². The Kier molecular flexibility index (Phi) is 9.61. The lowest BCUT2D eigenvalue weighted by atomic mass is 9.94. The Morgan fingerprint density at radius 1 is 1.03 bits per heavy atom. The van der Waals surface area contributed by atoms with Gasteiger partial charge in [0.2, 0.25) is 5.91 Å². The second kappa shape index (κ2) is 12.9. The highest BCUT2D eigenvalue weighted by Gasteiger charge is 2.41. The van der Waals surface area contributed by atoms with Gasteiger partial charge >= 0.3 is 17.9 Å². The molecular weight excluding hydrogens is 488 g/mol. The number of likely N-dealkylation sites (tertiary alicyclic amines) is 1. The predicted molar refractivity (Wildman–Crippen MR) is 131 cm³/mol. The van der Waals surface area contributed by atoms with Gasteiger partial charge in [0.25, 0.3) is 0 Å². The Bertz CT molecular complexity index is 1090. The monoisotopic (exact) mass is 514 g/mol. The number of cyclic esters (lactones) is 1. The van der Waals surface area contributed by atoms with Gasteiger partial charge in [-0.25, -0.2) is 9.59 Å². The molecule has 10 heteroatoms. The minimum Gasteiger partial charge on any atom is -0.478 e. The highest BCUT2D eigenvalue weighted by atomic mass is 35.5.